The number of hydrogen-bond acceptors (Lipinski definition) is 4. The molecule has 2 aromatic rings. The molecule has 174 valence electrons. The van der Waals surface area contributed by atoms with Gasteiger partial charge in [-0.05, 0) is 41.3 Å². The maximum atomic E-state index is 12.9. The molecule has 1 amide bonds. The monoisotopic (exact) mass is 457 g/mol. The van der Waals surface area contributed by atoms with Crippen LogP contribution in [0.4, 0.5) is 0 Å². The van der Waals surface area contributed by atoms with Crippen LogP contribution in [0.1, 0.15) is 55.1 Å². The summed E-state index contributed by atoms with van der Waals surface area (Å²) in [4.78, 5) is 17.4. The molecule has 1 aliphatic heterocycles. The summed E-state index contributed by atoms with van der Waals surface area (Å²) in [5.41, 5.74) is 3.17. The summed E-state index contributed by atoms with van der Waals surface area (Å²) in [5, 5.41) is 0. The predicted molar refractivity (Wildman–Crippen MR) is 128 cm³/mol. The molecule has 7 heteroatoms. The van der Waals surface area contributed by atoms with Crippen LogP contribution in [0.15, 0.2) is 53.4 Å². The standard InChI is InChI=1S/C25H35N3O3S/c1-5-28(6-2)32(30,31)24-13-11-23(12-14-24)25(29)27-17-15-26(16-18-27)19-21-7-9-22(10-8-21)20(3)4/h7-14,20H,5-6,15-19H2,1-4H3. The number of piperazine rings is 1. The van der Waals surface area contributed by atoms with E-state index in [1.54, 1.807) is 12.1 Å². The minimum absolute atomic E-state index is 0.0438. The van der Waals surface area contributed by atoms with E-state index in [2.05, 4.69) is 43.0 Å². The van der Waals surface area contributed by atoms with Crippen molar-refractivity contribution in [2.75, 3.05) is 39.3 Å². The lowest BCUT2D eigenvalue weighted by atomic mass is 10.0. The summed E-state index contributed by atoms with van der Waals surface area (Å²) in [6.45, 7) is 12.8. The smallest absolute Gasteiger partial charge is 0.253 e. The van der Waals surface area contributed by atoms with E-state index < -0.39 is 10.0 Å². The zero-order valence-corrected chi connectivity index (χ0v) is 20.4. The highest BCUT2D eigenvalue weighted by atomic mass is 32.2. The Bertz CT molecular complexity index is 990. The van der Waals surface area contributed by atoms with Crippen LogP contribution in [0.25, 0.3) is 0 Å². The van der Waals surface area contributed by atoms with Gasteiger partial charge in [-0.2, -0.15) is 4.31 Å². The summed E-state index contributed by atoms with van der Waals surface area (Å²) in [6.07, 6.45) is 0. The molecule has 0 N–H and O–H groups in total. The van der Waals surface area contributed by atoms with Crippen molar-refractivity contribution in [2.45, 2.75) is 45.1 Å². The molecule has 0 bridgehead atoms. The minimum Gasteiger partial charge on any atom is -0.336 e. The largest absolute Gasteiger partial charge is 0.336 e. The average Bonchev–Trinajstić information content (AvgIpc) is 2.80. The molecule has 32 heavy (non-hydrogen) atoms. The Morgan fingerprint density at radius 2 is 1.47 bits per heavy atom. The molecule has 0 saturated carbocycles. The molecule has 0 radical (unpaired) electrons. The molecule has 0 aliphatic carbocycles. The van der Waals surface area contributed by atoms with Crippen LogP contribution < -0.4 is 0 Å². The first kappa shape index (κ1) is 24.4. The Labute approximate surface area is 192 Å². The Balaban J connectivity index is 1.57. The molecule has 0 unspecified atom stereocenters. The fraction of sp³-hybridized carbons (Fsp3) is 0.480. The molecule has 6 nitrogen and oxygen atoms in total. The molecule has 1 aliphatic rings. The van der Waals surface area contributed by atoms with Crippen molar-refractivity contribution in [2.24, 2.45) is 0 Å². The second-order valence-electron chi connectivity index (χ2n) is 8.58. The van der Waals surface area contributed by atoms with E-state index in [1.165, 1.54) is 27.6 Å². The summed E-state index contributed by atoms with van der Waals surface area (Å²) in [5.74, 6) is 0.489. The lowest BCUT2D eigenvalue weighted by molar-refractivity contribution is 0.0628. The molecule has 0 atom stereocenters. The van der Waals surface area contributed by atoms with E-state index in [0.29, 0.717) is 37.7 Å². The number of benzene rings is 2. The van der Waals surface area contributed by atoms with Gasteiger partial charge < -0.3 is 4.90 Å². The lowest BCUT2D eigenvalue weighted by Gasteiger charge is -2.35. The van der Waals surface area contributed by atoms with E-state index in [1.807, 2.05) is 18.7 Å². The molecule has 1 fully saturated rings. The highest BCUT2D eigenvalue weighted by molar-refractivity contribution is 7.89. The summed E-state index contributed by atoms with van der Waals surface area (Å²) >= 11 is 0. The number of amides is 1. The maximum Gasteiger partial charge on any atom is 0.253 e. The van der Waals surface area contributed by atoms with Crippen molar-refractivity contribution in [3.05, 3.63) is 65.2 Å². The van der Waals surface area contributed by atoms with Crippen molar-refractivity contribution in [3.63, 3.8) is 0 Å². The molecule has 3 rings (SSSR count). The summed E-state index contributed by atoms with van der Waals surface area (Å²) < 4.78 is 26.7. The van der Waals surface area contributed by atoms with Crippen LogP contribution in [-0.2, 0) is 16.6 Å². The number of carbonyl (C=O) groups is 1. The van der Waals surface area contributed by atoms with Gasteiger partial charge in [-0.15, -0.1) is 0 Å². The van der Waals surface area contributed by atoms with Crippen molar-refractivity contribution < 1.29 is 13.2 Å². The van der Waals surface area contributed by atoms with Crippen LogP contribution >= 0.6 is 0 Å². The SMILES string of the molecule is CCN(CC)S(=O)(=O)c1ccc(C(=O)N2CCN(Cc3ccc(C(C)C)cc3)CC2)cc1. The molecule has 0 spiro atoms. The number of hydrogen-bond donors (Lipinski definition) is 0. The Hall–Kier alpha value is -2.22. The number of carbonyl (C=O) groups excluding carboxylic acids is 1. The predicted octanol–water partition coefficient (Wildman–Crippen LogP) is 3.80. The van der Waals surface area contributed by atoms with Gasteiger partial charge >= 0.3 is 0 Å². The van der Waals surface area contributed by atoms with E-state index >= 15 is 0 Å². The third-order valence-corrected chi connectivity index (χ3v) is 8.22. The second kappa shape index (κ2) is 10.6. The van der Waals surface area contributed by atoms with Crippen LogP contribution in [0.5, 0.6) is 0 Å². The molecular formula is C25H35N3O3S. The Morgan fingerprint density at radius 1 is 0.906 bits per heavy atom. The van der Waals surface area contributed by atoms with Gasteiger partial charge in [-0.3, -0.25) is 9.69 Å². The van der Waals surface area contributed by atoms with Gasteiger partial charge in [-0.25, -0.2) is 8.42 Å². The average molecular weight is 458 g/mol. The maximum absolute atomic E-state index is 12.9. The van der Waals surface area contributed by atoms with Crippen LogP contribution in [0.2, 0.25) is 0 Å². The normalized spacial score (nSPS) is 15.5. The highest BCUT2D eigenvalue weighted by Crippen LogP contribution is 2.19. The van der Waals surface area contributed by atoms with Crippen molar-refractivity contribution in [3.8, 4) is 0 Å². The number of sulfonamides is 1. The van der Waals surface area contributed by atoms with Gasteiger partial charge in [0, 0.05) is 51.4 Å². The zero-order chi connectivity index (χ0) is 23.3. The fourth-order valence-corrected chi connectivity index (χ4v) is 5.50. The van der Waals surface area contributed by atoms with Crippen LogP contribution in [0, 0.1) is 0 Å². The van der Waals surface area contributed by atoms with Crippen LogP contribution in [-0.4, -0.2) is 67.7 Å². The molecule has 0 aromatic heterocycles. The Kier molecular flexibility index (Phi) is 8.09. The summed E-state index contributed by atoms with van der Waals surface area (Å²) in [6, 6.07) is 15.1. The molecule has 1 heterocycles. The third kappa shape index (κ3) is 5.57. The van der Waals surface area contributed by atoms with Gasteiger partial charge in [0.15, 0.2) is 0 Å². The first-order chi connectivity index (χ1) is 15.3. The van der Waals surface area contributed by atoms with E-state index in [-0.39, 0.29) is 10.8 Å². The molecular weight excluding hydrogens is 422 g/mol. The molecule has 1 saturated heterocycles. The topological polar surface area (TPSA) is 60.9 Å². The van der Waals surface area contributed by atoms with Crippen LogP contribution in [0.3, 0.4) is 0 Å². The van der Waals surface area contributed by atoms with Gasteiger partial charge in [0.1, 0.15) is 0 Å². The van der Waals surface area contributed by atoms with E-state index in [9.17, 15) is 13.2 Å². The number of rotatable bonds is 8. The van der Waals surface area contributed by atoms with E-state index in [4.69, 9.17) is 0 Å². The van der Waals surface area contributed by atoms with Gasteiger partial charge in [0.05, 0.1) is 4.90 Å². The quantitative estimate of drug-likeness (QED) is 0.605. The van der Waals surface area contributed by atoms with Gasteiger partial charge in [0.25, 0.3) is 5.91 Å². The lowest BCUT2D eigenvalue weighted by Crippen LogP contribution is -2.48. The van der Waals surface area contributed by atoms with Crippen molar-refractivity contribution >= 4 is 15.9 Å². The first-order valence-electron chi connectivity index (χ1n) is 11.5. The second-order valence-corrected chi connectivity index (χ2v) is 10.5. The highest BCUT2D eigenvalue weighted by Gasteiger charge is 2.24. The first-order valence-corrected chi connectivity index (χ1v) is 12.9. The van der Waals surface area contributed by atoms with Gasteiger partial charge in [0.2, 0.25) is 10.0 Å². The molecule has 2 aromatic carbocycles. The van der Waals surface area contributed by atoms with Crippen molar-refractivity contribution in [1.82, 2.24) is 14.1 Å². The zero-order valence-electron chi connectivity index (χ0n) is 19.6. The van der Waals surface area contributed by atoms with Crippen molar-refractivity contribution in [1.29, 1.82) is 0 Å². The third-order valence-electron chi connectivity index (χ3n) is 6.16. The summed E-state index contributed by atoms with van der Waals surface area (Å²) in [7, 11) is -3.51. The fourth-order valence-electron chi connectivity index (χ4n) is 4.04. The Morgan fingerprint density at radius 3 is 1.97 bits per heavy atom. The number of nitrogens with zero attached hydrogens (tertiary/aromatic N) is 3. The van der Waals surface area contributed by atoms with E-state index in [0.717, 1.165) is 19.6 Å². The minimum atomic E-state index is -3.51. The van der Waals surface area contributed by atoms with Gasteiger partial charge in [-0.1, -0.05) is 52.0 Å².